The number of rotatable bonds is 11. The number of unbranched alkanes of at least 4 members (excludes halogenated alkanes) is 1. The van der Waals surface area contributed by atoms with Crippen molar-refractivity contribution in [1.29, 1.82) is 0 Å². The fourth-order valence-electron chi connectivity index (χ4n) is 2.16. The van der Waals surface area contributed by atoms with Crippen molar-refractivity contribution in [2.24, 2.45) is 5.11 Å². The van der Waals surface area contributed by atoms with Gasteiger partial charge in [-0.2, -0.15) is 0 Å². The van der Waals surface area contributed by atoms with Crippen LogP contribution >= 0.6 is 15.9 Å². The molecule has 0 aromatic heterocycles. The van der Waals surface area contributed by atoms with E-state index in [-0.39, 0.29) is 12.4 Å². The molecule has 27 heavy (non-hydrogen) atoms. The summed E-state index contributed by atoms with van der Waals surface area (Å²) in [5.74, 6) is 1.47. The van der Waals surface area contributed by atoms with Crippen LogP contribution in [0.25, 0.3) is 10.4 Å². The molecular weight excluding hydrogens is 414 g/mol. The molecule has 0 N–H and O–H groups in total. The van der Waals surface area contributed by atoms with Crippen molar-refractivity contribution >= 4 is 21.9 Å². The molecule has 2 aromatic rings. The van der Waals surface area contributed by atoms with E-state index < -0.39 is 0 Å². The maximum absolute atomic E-state index is 11.8. The Bertz CT molecular complexity index is 777. The molecule has 2 aromatic carbocycles. The van der Waals surface area contributed by atoms with E-state index in [0.717, 1.165) is 10.2 Å². The van der Waals surface area contributed by atoms with Crippen molar-refractivity contribution in [3.63, 3.8) is 0 Å². The summed E-state index contributed by atoms with van der Waals surface area (Å²) >= 11 is 3.37. The predicted molar refractivity (Wildman–Crippen MR) is 105 cm³/mol. The molecule has 0 aliphatic carbocycles. The summed E-state index contributed by atoms with van der Waals surface area (Å²) in [6, 6.07) is 14.5. The zero-order valence-corrected chi connectivity index (χ0v) is 16.3. The highest BCUT2D eigenvalue weighted by atomic mass is 79.9. The summed E-state index contributed by atoms with van der Waals surface area (Å²) in [6.45, 7) is 1.15. The predicted octanol–water partition coefficient (Wildman–Crippen LogP) is 5.29. The molecule has 7 nitrogen and oxygen atoms in total. The third-order valence-corrected chi connectivity index (χ3v) is 3.95. The van der Waals surface area contributed by atoms with Crippen LogP contribution in [0.3, 0.4) is 0 Å². The second-order valence-electron chi connectivity index (χ2n) is 5.51. The van der Waals surface area contributed by atoms with Crippen LogP contribution in [0, 0.1) is 0 Å². The van der Waals surface area contributed by atoms with Crippen molar-refractivity contribution < 1.29 is 19.0 Å². The Hall–Kier alpha value is -2.70. The molecule has 0 unspecified atom stereocenters. The normalized spacial score (nSPS) is 9.96. The summed E-state index contributed by atoms with van der Waals surface area (Å²) in [5.41, 5.74) is 8.19. The van der Waals surface area contributed by atoms with Gasteiger partial charge in [0.05, 0.1) is 0 Å². The van der Waals surface area contributed by atoms with E-state index in [9.17, 15) is 4.79 Å². The van der Waals surface area contributed by atoms with Crippen molar-refractivity contribution in [3.05, 3.63) is 63.4 Å². The molecule has 0 spiro atoms. The van der Waals surface area contributed by atoms with Gasteiger partial charge in [0, 0.05) is 28.4 Å². The molecule has 2 rings (SSSR count). The molecule has 142 valence electrons. The number of esters is 1. The molecule has 0 radical (unpaired) electrons. The Morgan fingerprint density at radius 2 is 1.70 bits per heavy atom. The topological polar surface area (TPSA) is 93.5 Å². The first-order chi connectivity index (χ1) is 13.2. The van der Waals surface area contributed by atoms with Crippen LogP contribution in [0.4, 0.5) is 0 Å². The highest BCUT2D eigenvalue weighted by Crippen LogP contribution is 2.20. The molecule has 0 fully saturated rings. The Balaban J connectivity index is 1.70. The van der Waals surface area contributed by atoms with Crippen LogP contribution in [0.5, 0.6) is 17.2 Å². The first-order valence-corrected chi connectivity index (χ1v) is 9.29. The van der Waals surface area contributed by atoms with Gasteiger partial charge in [0.1, 0.15) is 30.5 Å². The number of ether oxygens (including phenoxy) is 3. The third kappa shape index (κ3) is 8.48. The first-order valence-electron chi connectivity index (χ1n) is 8.50. The molecule has 0 aliphatic rings. The van der Waals surface area contributed by atoms with E-state index in [2.05, 4.69) is 26.0 Å². The fraction of sp³-hybridized carbons (Fsp3) is 0.316. The second-order valence-corrected chi connectivity index (χ2v) is 6.43. The number of hydrogen-bond acceptors (Lipinski definition) is 5. The third-order valence-electron chi connectivity index (χ3n) is 3.42. The Morgan fingerprint density at radius 1 is 1.00 bits per heavy atom. The summed E-state index contributed by atoms with van der Waals surface area (Å²) in [5, 5.41) is 3.42. The van der Waals surface area contributed by atoms with E-state index in [1.54, 1.807) is 24.3 Å². The zero-order valence-electron chi connectivity index (χ0n) is 14.7. The number of carbonyl (C=O) groups is 1. The van der Waals surface area contributed by atoms with Crippen molar-refractivity contribution in [3.8, 4) is 17.2 Å². The van der Waals surface area contributed by atoms with Gasteiger partial charge in [-0.3, -0.25) is 4.79 Å². The van der Waals surface area contributed by atoms with Gasteiger partial charge in [0.15, 0.2) is 0 Å². The SMILES string of the molecule is [N-]=[N+]=NCCCCC(=O)Oc1cccc(OCCOc2ccc(Br)cc2)c1. The van der Waals surface area contributed by atoms with Crippen molar-refractivity contribution in [2.45, 2.75) is 19.3 Å². The van der Waals surface area contributed by atoms with E-state index in [0.29, 0.717) is 44.1 Å². The van der Waals surface area contributed by atoms with Gasteiger partial charge in [-0.15, -0.1) is 0 Å². The van der Waals surface area contributed by atoms with Gasteiger partial charge >= 0.3 is 5.97 Å². The molecule has 0 aliphatic heterocycles. The average molecular weight is 434 g/mol. The van der Waals surface area contributed by atoms with Crippen LogP contribution in [0.2, 0.25) is 0 Å². The molecule has 8 heteroatoms. The van der Waals surface area contributed by atoms with Crippen molar-refractivity contribution in [2.75, 3.05) is 19.8 Å². The highest BCUT2D eigenvalue weighted by Gasteiger charge is 2.06. The Morgan fingerprint density at radius 3 is 2.44 bits per heavy atom. The summed E-state index contributed by atoms with van der Waals surface area (Å²) in [6.07, 6.45) is 1.54. The van der Waals surface area contributed by atoms with Crippen LogP contribution < -0.4 is 14.2 Å². The zero-order chi connectivity index (χ0) is 19.3. The van der Waals surface area contributed by atoms with E-state index >= 15 is 0 Å². The minimum absolute atomic E-state index is 0.271. The molecular formula is C19H20BrN3O4. The van der Waals surface area contributed by atoms with Gasteiger partial charge in [0.25, 0.3) is 0 Å². The first kappa shape index (κ1) is 20.6. The number of hydrogen-bond donors (Lipinski definition) is 0. The van der Waals surface area contributed by atoms with E-state index in [4.69, 9.17) is 19.7 Å². The summed E-state index contributed by atoms with van der Waals surface area (Å²) in [7, 11) is 0. The smallest absolute Gasteiger partial charge is 0.311 e. The monoisotopic (exact) mass is 433 g/mol. The maximum atomic E-state index is 11.8. The highest BCUT2D eigenvalue weighted by molar-refractivity contribution is 9.10. The van der Waals surface area contributed by atoms with Gasteiger partial charge in [-0.25, -0.2) is 0 Å². The van der Waals surface area contributed by atoms with Gasteiger partial charge < -0.3 is 14.2 Å². The average Bonchev–Trinajstić information content (AvgIpc) is 2.67. The minimum Gasteiger partial charge on any atom is -0.490 e. The largest absolute Gasteiger partial charge is 0.490 e. The van der Waals surface area contributed by atoms with E-state index in [1.165, 1.54) is 0 Å². The molecule has 0 heterocycles. The molecule has 0 saturated carbocycles. The van der Waals surface area contributed by atoms with Crippen LogP contribution in [0.1, 0.15) is 19.3 Å². The summed E-state index contributed by atoms with van der Waals surface area (Å²) in [4.78, 5) is 14.5. The lowest BCUT2D eigenvalue weighted by molar-refractivity contribution is -0.134. The molecule has 0 bridgehead atoms. The Labute approximate surface area is 166 Å². The minimum atomic E-state index is -0.327. The van der Waals surface area contributed by atoms with Crippen LogP contribution in [0.15, 0.2) is 58.1 Å². The van der Waals surface area contributed by atoms with Gasteiger partial charge in [-0.05, 0) is 54.8 Å². The number of nitrogens with zero attached hydrogens (tertiary/aromatic N) is 3. The van der Waals surface area contributed by atoms with Crippen LogP contribution in [-0.2, 0) is 4.79 Å². The molecule has 0 amide bonds. The number of carbonyl (C=O) groups excluding carboxylic acids is 1. The summed E-state index contributed by atoms with van der Waals surface area (Å²) < 4.78 is 17.5. The van der Waals surface area contributed by atoms with Crippen LogP contribution in [-0.4, -0.2) is 25.7 Å². The Kier molecular flexibility index (Phi) is 9.03. The van der Waals surface area contributed by atoms with Gasteiger partial charge in [-0.1, -0.05) is 27.1 Å². The van der Waals surface area contributed by atoms with Crippen molar-refractivity contribution in [1.82, 2.24) is 0 Å². The molecule has 0 atom stereocenters. The van der Waals surface area contributed by atoms with Gasteiger partial charge in [0.2, 0.25) is 0 Å². The lowest BCUT2D eigenvalue weighted by atomic mass is 10.2. The second kappa shape index (κ2) is 11.8. The number of halogens is 1. The fourth-order valence-corrected chi connectivity index (χ4v) is 2.42. The lowest BCUT2D eigenvalue weighted by Gasteiger charge is -2.10. The number of benzene rings is 2. The molecule has 0 saturated heterocycles. The lowest BCUT2D eigenvalue weighted by Crippen LogP contribution is -2.10. The quantitative estimate of drug-likeness (QED) is 0.120. The van der Waals surface area contributed by atoms with E-state index in [1.807, 2.05) is 24.3 Å². The standard InChI is InChI=1S/C19H20BrN3O4/c20-15-7-9-16(10-8-15)25-12-13-26-17-4-3-5-18(14-17)27-19(24)6-1-2-11-22-23-21/h3-5,7-10,14H,1-2,6,11-13H2. The maximum Gasteiger partial charge on any atom is 0.311 e. The number of azide groups is 1.